The van der Waals surface area contributed by atoms with Crippen molar-refractivity contribution in [1.29, 1.82) is 0 Å². The second-order valence-electron chi connectivity index (χ2n) is 6.44. The number of benzene rings is 2. The number of rotatable bonds is 7. The molecular weight excluding hydrogens is 488 g/mol. The summed E-state index contributed by atoms with van der Waals surface area (Å²) in [5, 5.41) is 6.55. The van der Waals surface area contributed by atoms with Gasteiger partial charge in [0.15, 0.2) is 12.8 Å². The highest BCUT2D eigenvalue weighted by Crippen LogP contribution is 2.29. The van der Waals surface area contributed by atoms with Gasteiger partial charge in [0.2, 0.25) is 0 Å². The number of nitrogens with zero attached hydrogens (tertiary/aromatic N) is 1. The van der Waals surface area contributed by atoms with Crippen molar-refractivity contribution >= 4 is 29.9 Å². The minimum Gasteiger partial charge on any atom is -0.497 e. The van der Waals surface area contributed by atoms with E-state index in [1.54, 1.807) is 14.2 Å². The summed E-state index contributed by atoms with van der Waals surface area (Å²) < 4.78 is 29.7. The van der Waals surface area contributed by atoms with E-state index in [-0.39, 0.29) is 36.6 Å². The third kappa shape index (κ3) is 6.74. The van der Waals surface area contributed by atoms with Crippen LogP contribution in [0.2, 0.25) is 0 Å². The van der Waals surface area contributed by atoms with Crippen LogP contribution >= 0.6 is 24.0 Å². The van der Waals surface area contributed by atoms with Crippen LogP contribution in [0.1, 0.15) is 16.7 Å². The molecule has 158 valence electrons. The molecule has 1 aliphatic rings. The Balaban J connectivity index is 0.00000300. The Morgan fingerprint density at radius 1 is 1.14 bits per heavy atom. The molecule has 8 heteroatoms. The number of aliphatic imine (C=N–C) groups is 1. The minimum atomic E-state index is -0.273. The molecule has 6 nitrogen and oxygen atoms in total. The first-order valence-corrected chi connectivity index (χ1v) is 9.29. The molecule has 0 radical (unpaired) electrons. The second kappa shape index (κ2) is 11.8. The molecule has 2 aromatic rings. The van der Waals surface area contributed by atoms with E-state index in [9.17, 15) is 4.39 Å². The van der Waals surface area contributed by atoms with Crippen LogP contribution in [0.5, 0.6) is 11.5 Å². The fraction of sp³-hybridized carbons (Fsp3) is 0.381. The second-order valence-corrected chi connectivity index (χ2v) is 6.44. The van der Waals surface area contributed by atoms with Crippen LogP contribution < -0.4 is 20.1 Å². The summed E-state index contributed by atoms with van der Waals surface area (Å²) in [4.78, 5) is 4.23. The molecule has 0 saturated carbocycles. The van der Waals surface area contributed by atoms with Gasteiger partial charge in [-0.05, 0) is 48.2 Å². The fourth-order valence-electron chi connectivity index (χ4n) is 3.10. The highest BCUT2D eigenvalue weighted by atomic mass is 127. The Kier molecular flexibility index (Phi) is 9.46. The smallest absolute Gasteiger partial charge is 0.190 e. The molecule has 0 saturated heterocycles. The molecule has 0 aliphatic carbocycles. The number of halogens is 2. The summed E-state index contributed by atoms with van der Waals surface area (Å²) >= 11 is 0. The van der Waals surface area contributed by atoms with Gasteiger partial charge in [-0.1, -0.05) is 12.1 Å². The van der Waals surface area contributed by atoms with Gasteiger partial charge >= 0.3 is 0 Å². The van der Waals surface area contributed by atoms with Crippen LogP contribution in [0.25, 0.3) is 0 Å². The van der Waals surface area contributed by atoms with Gasteiger partial charge in [0.05, 0.1) is 13.7 Å². The number of fused-ring (bicyclic) bond motifs is 1. The molecule has 1 aliphatic heterocycles. The number of nitrogens with one attached hydrogen (secondary N) is 2. The average molecular weight is 515 g/mol. The van der Waals surface area contributed by atoms with Crippen molar-refractivity contribution in [3.63, 3.8) is 0 Å². The predicted octanol–water partition coefficient (Wildman–Crippen LogP) is 3.27. The molecule has 0 spiro atoms. The van der Waals surface area contributed by atoms with Crippen LogP contribution in [-0.4, -0.2) is 40.0 Å². The summed E-state index contributed by atoms with van der Waals surface area (Å²) in [6.07, 6.45) is 1.50. The lowest BCUT2D eigenvalue weighted by Gasteiger charge is -2.21. The van der Waals surface area contributed by atoms with Crippen molar-refractivity contribution in [3.8, 4) is 11.5 Å². The largest absolute Gasteiger partial charge is 0.497 e. The Morgan fingerprint density at radius 3 is 2.55 bits per heavy atom. The Morgan fingerprint density at radius 2 is 1.86 bits per heavy atom. The first-order chi connectivity index (χ1) is 13.7. The monoisotopic (exact) mass is 515 g/mol. The van der Waals surface area contributed by atoms with Gasteiger partial charge in [-0.15, -0.1) is 24.0 Å². The quantitative estimate of drug-likeness (QED) is 0.337. The van der Waals surface area contributed by atoms with E-state index in [1.807, 2.05) is 24.3 Å². The maximum atomic E-state index is 13.8. The standard InChI is InChI=1S/C21H26FN3O3.HI/c1-23-21(24-9-7-15-3-5-19(26-2)6-4-15)25-10-8-16-11-18(22)12-17-13-27-14-28-20(16)17;/h3-6,11-12H,7-10,13-14H2,1-2H3,(H2,23,24,25);1H. The SMILES string of the molecule is CN=C(NCCc1ccc(OC)cc1)NCCc1cc(F)cc2c1OCOC2.I. The summed E-state index contributed by atoms with van der Waals surface area (Å²) in [5.74, 6) is 2.02. The minimum absolute atomic E-state index is 0. The highest BCUT2D eigenvalue weighted by Gasteiger charge is 2.16. The van der Waals surface area contributed by atoms with Gasteiger partial charge in [-0.2, -0.15) is 0 Å². The lowest BCUT2D eigenvalue weighted by molar-refractivity contribution is -0.0172. The molecule has 1 heterocycles. The molecule has 0 unspecified atom stereocenters. The Bertz CT molecular complexity index is 816. The van der Waals surface area contributed by atoms with Gasteiger partial charge in [0, 0.05) is 25.7 Å². The molecule has 0 aromatic heterocycles. The fourth-order valence-corrected chi connectivity index (χ4v) is 3.10. The van der Waals surface area contributed by atoms with Crippen LogP contribution in [0.4, 0.5) is 4.39 Å². The molecule has 2 aromatic carbocycles. The van der Waals surface area contributed by atoms with E-state index >= 15 is 0 Å². The average Bonchev–Trinajstić information content (AvgIpc) is 2.73. The van der Waals surface area contributed by atoms with E-state index in [1.165, 1.54) is 17.7 Å². The number of guanidine groups is 1. The number of hydrogen-bond donors (Lipinski definition) is 2. The lowest BCUT2D eigenvalue weighted by atomic mass is 10.1. The van der Waals surface area contributed by atoms with E-state index < -0.39 is 0 Å². The maximum Gasteiger partial charge on any atom is 0.190 e. The molecule has 0 bridgehead atoms. The van der Waals surface area contributed by atoms with Crippen molar-refractivity contribution in [1.82, 2.24) is 10.6 Å². The Hall–Kier alpha value is -2.07. The molecule has 29 heavy (non-hydrogen) atoms. The molecule has 2 N–H and O–H groups in total. The lowest BCUT2D eigenvalue weighted by Crippen LogP contribution is -2.39. The summed E-state index contributed by atoms with van der Waals surface area (Å²) in [5.41, 5.74) is 2.80. The Labute approximate surface area is 187 Å². The third-order valence-electron chi connectivity index (χ3n) is 4.53. The van der Waals surface area contributed by atoms with Gasteiger partial charge < -0.3 is 24.8 Å². The number of hydrogen-bond acceptors (Lipinski definition) is 4. The van der Waals surface area contributed by atoms with E-state index in [2.05, 4.69) is 15.6 Å². The molecule has 3 rings (SSSR count). The third-order valence-corrected chi connectivity index (χ3v) is 4.53. The van der Waals surface area contributed by atoms with Crippen molar-refractivity contribution < 1.29 is 18.6 Å². The zero-order chi connectivity index (χ0) is 19.8. The van der Waals surface area contributed by atoms with Crippen molar-refractivity contribution in [2.24, 2.45) is 4.99 Å². The van der Waals surface area contributed by atoms with Gasteiger partial charge in [-0.25, -0.2) is 4.39 Å². The van der Waals surface area contributed by atoms with Crippen LogP contribution in [-0.2, 0) is 24.2 Å². The first kappa shape index (κ1) is 23.2. The van der Waals surface area contributed by atoms with Crippen molar-refractivity contribution in [2.45, 2.75) is 19.4 Å². The molecule has 0 atom stereocenters. The zero-order valence-corrected chi connectivity index (χ0v) is 19.0. The number of methoxy groups -OCH3 is 1. The topological polar surface area (TPSA) is 64.1 Å². The van der Waals surface area contributed by atoms with Crippen LogP contribution in [0.15, 0.2) is 41.4 Å². The summed E-state index contributed by atoms with van der Waals surface area (Å²) in [7, 11) is 3.39. The summed E-state index contributed by atoms with van der Waals surface area (Å²) in [6.45, 7) is 1.94. The summed E-state index contributed by atoms with van der Waals surface area (Å²) in [6, 6.07) is 11.0. The molecule has 0 fully saturated rings. The van der Waals surface area contributed by atoms with E-state index in [4.69, 9.17) is 14.2 Å². The van der Waals surface area contributed by atoms with Gasteiger partial charge in [0.25, 0.3) is 0 Å². The molecular formula is C21H27FIN3O3. The van der Waals surface area contributed by atoms with E-state index in [0.29, 0.717) is 25.5 Å². The van der Waals surface area contributed by atoms with Crippen molar-refractivity contribution in [2.75, 3.05) is 34.0 Å². The first-order valence-electron chi connectivity index (χ1n) is 9.29. The van der Waals surface area contributed by atoms with Crippen molar-refractivity contribution in [3.05, 3.63) is 58.9 Å². The number of ether oxygens (including phenoxy) is 3. The highest BCUT2D eigenvalue weighted by molar-refractivity contribution is 14.0. The van der Waals surface area contributed by atoms with E-state index in [0.717, 1.165) is 35.6 Å². The zero-order valence-electron chi connectivity index (χ0n) is 16.7. The maximum absolute atomic E-state index is 13.8. The van der Waals surface area contributed by atoms with Crippen LogP contribution in [0, 0.1) is 5.82 Å². The van der Waals surface area contributed by atoms with Crippen LogP contribution in [0.3, 0.4) is 0 Å². The normalized spacial score (nSPS) is 13.0. The predicted molar refractivity (Wildman–Crippen MR) is 122 cm³/mol. The van der Waals surface area contributed by atoms with Gasteiger partial charge in [0.1, 0.15) is 17.3 Å². The molecule has 0 amide bonds. The van der Waals surface area contributed by atoms with Gasteiger partial charge in [-0.3, -0.25) is 4.99 Å².